The number of nitrogens with one attached hydrogen (secondary N) is 2. The molecule has 0 radical (unpaired) electrons. The van der Waals surface area contributed by atoms with Crippen LogP contribution in [-0.2, 0) is 6.42 Å². The second kappa shape index (κ2) is 7.52. The van der Waals surface area contributed by atoms with Crippen LogP contribution in [0.15, 0.2) is 18.2 Å². The van der Waals surface area contributed by atoms with E-state index in [1.165, 1.54) is 18.4 Å². The highest BCUT2D eigenvalue weighted by Crippen LogP contribution is 2.40. The molecule has 2 nitrogen and oxygen atoms in total. The van der Waals surface area contributed by atoms with Gasteiger partial charge in [0.05, 0.1) is 25.7 Å². The summed E-state index contributed by atoms with van der Waals surface area (Å²) in [6.45, 7) is 1.86. The van der Waals surface area contributed by atoms with Crippen LogP contribution >= 0.6 is 33.9 Å². The molecule has 1 heterocycles. The third-order valence-electron chi connectivity index (χ3n) is 3.56. The summed E-state index contributed by atoms with van der Waals surface area (Å²) in [5.41, 5.74) is 0.962. The quantitative estimate of drug-likeness (QED) is 0.347. The Morgan fingerprint density at radius 3 is 2.57 bits per heavy atom. The lowest BCUT2D eigenvalue weighted by Crippen LogP contribution is -2.38. The number of likely N-dealkylation sites (N-methyl/N-ethyl adjacent to an activating group) is 1. The second-order valence-electron chi connectivity index (χ2n) is 5.18. The van der Waals surface area contributed by atoms with Gasteiger partial charge in [0.15, 0.2) is 6.30 Å². The van der Waals surface area contributed by atoms with Gasteiger partial charge < -0.3 is 5.32 Å². The van der Waals surface area contributed by atoms with E-state index in [1.807, 2.05) is 29.5 Å². The number of anilines is 1. The van der Waals surface area contributed by atoms with E-state index in [2.05, 4.69) is 10.6 Å². The van der Waals surface area contributed by atoms with Gasteiger partial charge in [-0.3, -0.25) is 5.32 Å². The van der Waals surface area contributed by atoms with Crippen LogP contribution in [0.4, 0.5) is 23.2 Å². The molecule has 2 N–H and O–H groups in total. The van der Waals surface area contributed by atoms with Gasteiger partial charge in [0.25, 0.3) is 0 Å². The van der Waals surface area contributed by atoms with Crippen molar-refractivity contribution in [3.63, 3.8) is 0 Å². The molecule has 128 valence electrons. The van der Waals surface area contributed by atoms with Crippen LogP contribution in [0.2, 0.25) is 0 Å². The van der Waals surface area contributed by atoms with Crippen molar-refractivity contribution in [2.75, 3.05) is 12.4 Å². The molecule has 0 aliphatic carbocycles. The van der Waals surface area contributed by atoms with Gasteiger partial charge in [-0.25, -0.2) is 4.39 Å². The Morgan fingerprint density at radius 2 is 2.00 bits per heavy atom. The third kappa shape index (κ3) is 4.48. The summed E-state index contributed by atoms with van der Waals surface area (Å²) in [4.78, 5) is 0. The van der Waals surface area contributed by atoms with Gasteiger partial charge in [-0.05, 0) is 53.1 Å². The summed E-state index contributed by atoms with van der Waals surface area (Å²) >= 11 is 3.24. The summed E-state index contributed by atoms with van der Waals surface area (Å²) in [6.07, 6.45) is -5.88. The lowest BCUT2D eigenvalue weighted by atomic mass is 10.1. The van der Waals surface area contributed by atoms with Crippen molar-refractivity contribution in [3.8, 4) is 0 Å². The number of fused-ring (bicyclic) bond motifs is 1. The Balaban J connectivity index is 2.41. The highest BCUT2D eigenvalue weighted by Gasteiger charge is 2.31. The SMILES string of the molecule is CCC(Nc1cccc2c(CC(F)(F)F)c(I)sc12)C(F)NC. The molecule has 0 amide bonds. The maximum Gasteiger partial charge on any atom is 0.393 e. The largest absolute Gasteiger partial charge is 0.393 e. The summed E-state index contributed by atoms with van der Waals surface area (Å²) in [5.74, 6) is 0. The number of alkyl halides is 4. The molecule has 0 saturated carbocycles. The van der Waals surface area contributed by atoms with E-state index < -0.39 is 24.9 Å². The van der Waals surface area contributed by atoms with Gasteiger partial charge in [-0.15, -0.1) is 11.3 Å². The average molecular weight is 460 g/mol. The molecule has 1 aromatic heterocycles. The number of hydrogen-bond acceptors (Lipinski definition) is 3. The first-order valence-corrected chi connectivity index (χ1v) is 9.00. The normalized spacial score (nSPS) is 14.9. The summed E-state index contributed by atoms with van der Waals surface area (Å²) in [7, 11) is 1.53. The van der Waals surface area contributed by atoms with Gasteiger partial charge in [-0.2, -0.15) is 13.2 Å². The monoisotopic (exact) mass is 460 g/mol. The molecule has 23 heavy (non-hydrogen) atoms. The van der Waals surface area contributed by atoms with Crippen LogP contribution in [0.3, 0.4) is 0 Å². The first kappa shape index (κ1) is 18.7. The number of rotatable bonds is 6. The van der Waals surface area contributed by atoms with Crippen molar-refractivity contribution in [1.82, 2.24) is 5.32 Å². The second-order valence-corrected chi connectivity index (χ2v) is 8.01. The van der Waals surface area contributed by atoms with Crippen molar-refractivity contribution in [2.45, 2.75) is 38.3 Å². The van der Waals surface area contributed by atoms with Crippen molar-refractivity contribution in [1.29, 1.82) is 0 Å². The predicted molar refractivity (Wildman–Crippen MR) is 96.0 cm³/mol. The predicted octanol–water partition coefficient (Wildman–Crippen LogP) is 5.32. The molecule has 2 unspecified atom stereocenters. The van der Waals surface area contributed by atoms with Crippen molar-refractivity contribution >= 4 is 49.7 Å². The molecule has 0 fully saturated rings. The topological polar surface area (TPSA) is 24.1 Å². The molecule has 2 aromatic rings. The molecule has 8 heteroatoms. The summed E-state index contributed by atoms with van der Waals surface area (Å²) in [6, 6.07) is 4.72. The fourth-order valence-corrected chi connectivity index (χ4v) is 4.57. The Labute approximate surface area is 149 Å². The van der Waals surface area contributed by atoms with E-state index in [-0.39, 0.29) is 0 Å². The van der Waals surface area contributed by atoms with Crippen LogP contribution in [0.25, 0.3) is 10.1 Å². The van der Waals surface area contributed by atoms with Crippen LogP contribution in [0, 0.1) is 2.88 Å². The van der Waals surface area contributed by atoms with E-state index in [1.54, 1.807) is 18.2 Å². The lowest BCUT2D eigenvalue weighted by molar-refractivity contribution is -0.127. The maximum absolute atomic E-state index is 13.9. The molecule has 2 rings (SSSR count). The first-order valence-electron chi connectivity index (χ1n) is 7.11. The third-order valence-corrected chi connectivity index (χ3v) is 5.94. The van der Waals surface area contributed by atoms with Crippen LogP contribution in [0.5, 0.6) is 0 Å². The zero-order valence-corrected chi connectivity index (χ0v) is 15.6. The molecule has 0 bridgehead atoms. The molecular formula is C15H17F4IN2S. The zero-order valence-electron chi connectivity index (χ0n) is 12.6. The molecule has 1 aromatic carbocycles. The molecular weight excluding hydrogens is 443 g/mol. The fourth-order valence-electron chi connectivity index (χ4n) is 2.40. The zero-order chi connectivity index (χ0) is 17.2. The van der Waals surface area contributed by atoms with Crippen LogP contribution < -0.4 is 10.6 Å². The average Bonchev–Trinajstić information content (AvgIpc) is 2.79. The van der Waals surface area contributed by atoms with Crippen molar-refractivity contribution in [3.05, 3.63) is 26.6 Å². The number of hydrogen-bond donors (Lipinski definition) is 2. The molecule has 2 atom stereocenters. The minimum absolute atomic E-state index is 0.292. The van der Waals surface area contributed by atoms with E-state index in [0.29, 0.717) is 25.9 Å². The fraction of sp³-hybridized carbons (Fsp3) is 0.467. The van der Waals surface area contributed by atoms with Crippen molar-refractivity contribution in [2.24, 2.45) is 0 Å². The number of thiophene rings is 1. The molecule has 0 saturated heterocycles. The minimum atomic E-state index is -4.25. The molecule has 0 aliphatic rings. The Hall–Kier alpha value is -0.610. The van der Waals surface area contributed by atoms with Gasteiger partial charge in [-0.1, -0.05) is 19.1 Å². The first-order chi connectivity index (χ1) is 10.8. The Kier molecular flexibility index (Phi) is 6.12. The van der Waals surface area contributed by atoms with E-state index in [9.17, 15) is 17.6 Å². The summed E-state index contributed by atoms with van der Waals surface area (Å²) in [5, 5.41) is 6.25. The van der Waals surface area contributed by atoms with Gasteiger partial charge in [0, 0.05) is 0 Å². The highest BCUT2D eigenvalue weighted by molar-refractivity contribution is 14.1. The highest BCUT2D eigenvalue weighted by atomic mass is 127. The smallest absolute Gasteiger partial charge is 0.377 e. The Morgan fingerprint density at radius 1 is 1.30 bits per heavy atom. The Bertz CT molecular complexity index is 671. The van der Waals surface area contributed by atoms with Crippen LogP contribution in [0.1, 0.15) is 18.9 Å². The van der Waals surface area contributed by atoms with Crippen molar-refractivity contribution < 1.29 is 17.6 Å². The van der Waals surface area contributed by atoms with Gasteiger partial charge in [0.2, 0.25) is 0 Å². The lowest BCUT2D eigenvalue weighted by Gasteiger charge is -2.22. The van der Waals surface area contributed by atoms with Gasteiger partial charge in [0.1, 0.15) is 0 Å². The van der Waals surface area contributed by atoms with E-state index >= 15 is 0 Å². The maximum atomic E-state index is 13.9. The van der Waals surface area contributed by atoms with E-state index in [0.717, 1.165) is 4.70 Å². The standard InChI is InChI=1S/C15H17F4IN2S/c1-3-10(13(16)21-2)22-11-6-4-5-8-9(7-15(17,18)19)14(20)23-12(8)11/h4-6,10,13,21-22H,3,7H2,1-2H3. The van der Waals surface area contributed by atoms with Crippen LogP contribution in [-0.4, -0.2) is 25.6 Å². The number of halogens is 5. The molecule has 0 spiro atoms. The van der Waals surface area contributed by atoms with E-state index in [4.69, 9.17) is 0 Å². The molecule has 0 aliphatic heterocycles. The minimum Gasteiger partial charge on any atom is -0.377 e. The number of benzene rings is 1. The van der Waals surface area contributed by atoms with Gasteiger partial charge >= 0.3 is 6.18 Å². The summed E-state index contributed by atoms with van der Waals surface area (Å²) < 4.78 is 53.5.